The molecule has 1 fully saturated rings. The fourth-order valence-electron chi connectivity index (χ4n) is 3.54. The molecule has 166 valence electrons. The van der Waals surface area contributed by atoms with Crippen LogP contribution < -0.4 is 14.2 Å². The summed E-state index contributed by atoms with van der Waals surface area (Å²) < 4.78 is 16.4. The smallest absolute Gasteiger partial charge is 0.246 e. The van der Waals surface area contributed by atoms with E-state index in [1.807, 2.05) is 23.1 Å². The van der Waals surface area contributed by atoms with Gasteiger partial charge < -0.3 is 19.1 Å². The molecule has 0 radical (unpaired) electrons. The van der Waals surface area contributed by atoms with Crippen molar-refractivity contribution in [3.63, 3.8) is 0 Å². The van der Waals surface area contributed by atoms with Gasteiger partial charge in [-0.1, -0.05) is 35.3 Å². The molecule has 0 saturated carbocycles. The Morgan fingerprint density at radius 2 is 1.65 bits per heavy atom. The molecule has 2 aromatic rings. The fraction of sp³-hybridized carbons (Fsp3) is 0.348. The van der Waals surface area contributed by atoms with E-state index in [-0.39, 0.29) is 5.91 Å². The highest BCUT2D eigenvalue weighted by atomic mass is 35.5. The highest BCUT2D eigenvalue weighted by molar-refractivity contribution is 6.42. The quantitative estimate of drug-likeness (QED) is 0.569. The number of carbonyl (C=O) groups excluding carboxylic acids is 1. The van der Waals surface area contributed by atoms with Gasteiger partial charge in [-0.3, -0.25) is 9.69 Å². The summed E-state index contributed by atoms with van der Waals surface area (Å²) in [5.74, 6) is 1.87. The molecule has 1 aliphatic heterocycles. The Bertz CT molecular complexity index is 957. The summed E-state index contributed by atoms with van der Waals surface area (Å²) in [6.07, 6.45) is 3.33. The first-order valence-corrected chi connectivity index (χ1v) is 10.6. The number of hydrogen-bond donors (Lipinski definition) is 0. The van der Waals surface area contributed by atoms with E-state index in [4.69, 9.17) is 37.4 Å². The van der Waals surface area contributed by atoms with Crippen LogP contribution >= 0.6 is 23.2 Å². The lowest BCUT2D eigenvalue weighted by atomic mass is 10.1. The number of ether oxygens (including phenoxy) is 3. The number of nitrogens with zero attached hydrogens (tertiary/aromatic N) is 2. The molecule has 1 aliphatic rings. The maximum absolute atomic E-state index is 12.6. The first kappa shape index (κ1) is 23.3. The van der Waals surface area contributed by atoms with Crippen LogP contribution in [0.2, 0.25) is 10.0 Å². The van der Waals surface area contributed by atoms with Crippen LogP contribution in [0.25, 0.3) is 6.08 Å². The van der Waals surface area contributed by atoms with Crippen LogP contribution in [0.15, 0.2) is 36.4 Å². The lowest BCUT2D eigenvalue weighted by Crippen LogP contribution is -2.47. The number of hydrogen-bond acceptors (Lipinski definition) is 5. The Hall–Kier alpha value is -2.41. The number of piperazine rings is 1. The molecule has 0 N–H and O–H groups in total. The van der Waals surface area contributed by atoms with E-state index in [9.17, 15) is 4.79 Å². The van der Waals surface area contributed by atoms with E-state index in [1.165, 1.54) is 0 Å². The van der Waals surface area contributed by atoms with Crippen molar-refractivity contribution in [1.82, 2.24) is 9.80 Å². The largest absolute Gasteiger partial charge is 0.493 e. The van der Waals surface area contributed by atoms with Crippen LogP contribution in [0, 0.1) is 0 Å². The molecule has 3 rings (SSSR count). The molecule has 31 heavy (non-hydrogen) atoms. The second-order valence-corrected chi connectivity index (χ2v) is 7.92. The zero-order chi connectivity index (χ0) is 22.4. The van der Waals surface area contributed by atoms with Gasteiger partial charge in [-0.25, -0.2) is 0 Å². The predicted octanol–water partition coefficient (Wildman–Crippen LogP) is 4.38. The van der Waals surface area contributed by atoms with Crippen molar-refractivity contribution in [2.24, 2.45) is 0 Å². The Morgan fingerprint density at radius 3 is 2.26 bits per heavy atom. The lowest BCUT2D eigenvalue weighted by molar-refractivity contribution is -0.127. The van der Waals surface area contributed by atoms with E-state index >= 15 is 0 Å². The third-order valence-corrected chi connectivity index (χ3v) is 5.96. The molecule has 1 amide bonds. The van der Waals surface area contributed by atoms with E-state index in [0.717, 1.165) is 24.2 Å². The maximum atomic E-state index is 12.6. The first-order chi connectivity index (χ1) is 15.0. The highest BCUT2D eigenvalue weighted by Gasteiger charge is 2.22. The lowest BCUT2D eigenvalue weighted by Gasteiger charge is -2.34. The van der Waals surface area contributed by atoms with Gasteiger partial charge in [0.15, 0.2) is 11.5 Å². The molecule has 6 nitrogen and oxygen atoms in total. The SMILES string of the molecule is COc1ccc(CN2CCN(C(=O)/C=C/c3ccc(Cl)c(Cl)c3)CC2)c(OC)c1OC. The molecule has 8 heteroatoms. The van der Waals surface area contributed by atoms with Gasteiger partial charge >= 0.3 is 0 Å². The molecule has 0 unspecified atom stereocenters. The minimum atomic E-state index is -0.0191. The van der Waals surface area contributed by atoms with Crippen molar-refractivity contribution < 1.29 is 19.0 Å². The van der Waals surface area contributed by atoms with Crippen LogP contribution in [0.4, 0.5) is 0 Å². The topological polar surface area (TPSA) is 51.2 Å². The molecule has 0 atom stereocenters. The average Bonchev–Trinajstić information content (AvgIpc) is 2.79. The van der Waals surface area contributed by atoms with Gasteiger partial charge in [0.2, 0.25) is 11.7 Å². The zero-order valence-corrected chi connectivity index (χ0v) is 19.4. The van der Waals surface area contributed by atoms with E-state index in [2.05, 4.69) is 4.90 Å². The van der Waals surface area contributed by atoms with Crippen LogP contribution in [-0.4, -0.2) is 63.2 Å². The molecule has 0 aromatic heterocycles. The summed E-state index contributed by atoms with van der Waals surface area (Å²) in [5, 5.41) is 0.961. The Balaban J connectivity index is 1.59. The number of amides is 1. The van der Waals surface area contributed by atoms with Crippen LogP contribution in [0.3, 0.4) is 0 Å². The summed E-state index contributed by atoms with van der Waals surface area (Å²) in [6.45, 7) is 3.54. The zero-order valence-electron chi connectivity index (χ0n) is 17.9. The normalized spacial score (nSPS) is 14.7. The fourth-order valence-corrected chi connectivity index (χ4v) is 3.85. The van der Waals surface area contributed by atoms with Crippen molar-refractivity contribution in [1.29, 1.82) is 0 Å². The Morgan fingerprint density at radius 1 is 0.935 bits per heavy atom. The Labute approximate surface area is 192 Å². The summed E-state index contributed by atoms with van der Waals surface area (Å²) in [7, 11) is 4.82. The first-order valence-electron chi connectivity index (χ1n) is 9.89. The Kier molecular flexibility index (Phi) is 8.07. The van der Waals surface area contributed by atoms with Gasteiger partial charge in [-0.05, 0) is 29.8 Å². The minimum Gasteiger partial charge on any atom is -0.493 e. The number of methoxy groups -OCH3 is 3. The standard InChI is InChI=1S/C23H26Cl2N2O4/c1-29-20-8-6-17(22(30-2)23(20)31-3)15-26-10-12-27(13-11-26)21(28)9-5-16-4-7-18(24)19(25)14-16/h4-9,14H,10-13,15H2,1-3H3/b9-5+. The third-order valence-electron chi connectivity index (χ3n) is 5.23. The van der Waals surface area contributed by atoms with Crippen LogP contribution in [0.5, 0.6) is 17.2 Å². The molecule has 1 saturated heterocycles. The molecule has 0 spiro atoms. The van der Waals surface area contributed by atoms with Crippen molar-refractivity contribution in [2.45, 2.75) is 6.54 Å². The number of carbonyl (C=O) groups is 1. The van der Waals surface area contributed by atoms with Crippen molar-refractivity contribution in [2.75, 3.05) is 47.5 Å². The van der Waals surface area contributed by atoms with Gasteiger partial charge in [-0.2, -0.15) is 0 Å². The summed E-state index contributed by atoms with van der Waals surface area (Å²) >= 11 is 12.0. The molecular formula is C23H26Cl2N2O4. The third kappa shape index (κ3) is 5.64. The van der Waals surface area contributed by atoms with E-state index in [0.29, 0.717) is 46.9 Å². The van der Waals surface area contributed by atoms with Gasteiger partial charge in [0.1, 0.15) is 0 Å². The average molecular weight is 465 g/mol. The minimum absolute atomic E-state index is 0.0191. The summed E-state index contributed by atoms with van der Waals surface area (Å²) in [4.78, 5) is 16.7. The van der Waals surface area contributed by atoms with Gasteiger partial charge in [0.25, 0.3) is 0 Å². The van der Waals surface area contributed by atoms with Gasteiger partial charge in [-0.15, -0.1) is 0 Å². The van der Waals surface area contributed by atoms with Crippen molar-refractivity contribution in [3.05, 3.63) is 57.6 Å². The van der Waals surface area contributed by atoms with Gasteiger partial charge in [0.05, 0.1) is 31.4 Å². The summed E-state index contributed by atoms with van der Waals surface area (Å²) in [6, 6.07) is 9.14. The molecular weight excluding hydrogens is 439 g/mol. The summed E-state index contributed by atoms with van der Waals surface area (Å²) in [5.41, 5.74) is 1.85. The van der Waals surface area contributed by atoms with E-state index < -0.39 is 0 Å². The maximum Gasteiger partial charge on any atom is 0.246 e. The van der Waals surface area contributed by atoms with Gasteiger partial charge in [0, 0.05) is 44.4 Å². The number of benzene rings is 2. The molecule has 2 aromatic carbocycles. The second kappa shape index (κ2) is 10.8. The molecule has 1 heterocycles. The van der Waals surface area contributed by atoms with Crippen molar-refractivity contribution in [3.8, 4) is 17.2 Å². The number of halogens is 2. The monoisotopic (exact) mass is 464 g/mol. The second-order valence-electron chi connectivity index (χ2n) is 7.10. The predicted molar refractivity (Wildman–Crippen MR) is 123 cm³/mol. The van der Waals surface area contributed by atoms with Crippen molar-refractivity contribution >= 4 is 35.2 Å². The number of rotatable bonds is 7. The van der Waals surface area contributed by atoms with Crippen LogP contribution in [0.1, 0.15) is 11.1 Å². The molecule has 0 aliphatic carbocycles. The highest BCUT2D eigenvalue weighted by Crippen LogP contribution is 2.40. The molecule has 0 bridgehead atoms. The van der Waals surface area contributed by atoms with E-state index in [1.54, 1.807) is 45.6 Å². The van der Waals surface area contributed by atoms with Crippen LogP contribution in [-0.2, 0) is 11.3 Å².